The summed E-state index contributed by atoms with van der Waals surface area (Å²) in [5, 5.41) is 6.90. The maximum atomic E-state index is 13.1. The molecule has 1 N–H and O–H groups in total. The van der Waals surface area contributed by atoms with Gasteiger partial charge in [0.15, 0.2) is 0 Å². The van der Waals surface area contributed by atoms with Gasteiger partial charge in [0.25, 0.3) is 11.8 Å². The predicted octanol–water partition coefficient (Wildman–Crippen LogP) is 1.98. The number of carbonyl (C=O) groups excluding carboxylic acids is 4. The molecule has 6 rings (SSSR count). The van der Waals surface area contributed by atoms with Gasteiger partial charge in [0, 0.05) is 31.4 Å². The van der Waals surface area contributed by atoms with Gasteiger partial charge in [-0.25, -0.2) is 0 Å². The van der Waals surface area contributed by atoms with Gasteiger partial charge in [-0.3, -0.25) is 34.1 Å². The predicted molar refractivity (Wildman–Crippen MR) is 130 cm³/mol. The van der Waals surface area contributed by atoms with Crippen molar-refractivity contribution in [1.82, 2.24) is 20.0 Å². The zero-order valence-corrected chi connectivity index (χ0v) is 20.3. The highest BCUT2D eigenvalue weighted by molar-refractivity contribution is 6.23. The van der Waals surface area contributed by atoms with Crippen LogP contribution in [0.25, 0.3) is 0 Å². The monoisotopic (exact) mass is 485 g/mol. The minimum absolute atomic E-state index is 0.102. The van der Waals surface area contributed by atoms with Crippen LogP contribution in [-0.4, -0.2) is 57.4 Å². The first kappa shape index (κ1) is 22.5. The molecule has 0 radical (unpaired) electrons. The molecule has 36 heavy (non-hydrogen) atoms. The van der Waals surface area contributed by atoms with E-state index in [1.54, 1.807) is 12.1 Å². The zero-order chi connectivity index (χ0) is 25.2. The van der Waals surface area contributed by atoms with Crippen molar-refractivity contribution in [2.24, 2.45) is 5.92 Å². The maximum absolute atomic E-state index is 13.1. The lowest BCUT2D eigenvalue weighted by atomic mass is 9.79. The molecule has 0 bridgehead atoms. The van der Waals surface area contributed by atoms with Crippen LogP contribution in [0, 0.1) is 24.7 Å². The first-order valence-corrected chi connectivity index (χ1v) is 12.4. The Morgan fingerprint density at radius 1 is 1.08 bits per heavy atom. The quantitative estimate of drug-likeness (QED) is 0.527. The number of piperidine rings is 1. The first-order valence-electron chi connectivity index (χ1n) is 12.4. The number of nitrogens with zero attached hydrogens (tertiary/aromatic N) is 4. The Bertz CT molecular complexity index is 1390. The van der Waals surface area contributed by atoms with Crippen molar-refractivity contribution >= 4 is 29.3 Å². The van der Waals surface area contributed by atoms with Gasteiger partial charge in [-0.15, -0.1) is 0 Å². The van der Waals surface area contributed by atoms with Crippen LogP contribution in [0.5, 0.6) is 0 Å². The van der Waals surface area contributed by atoms with Crippen LogP contribution < -0.4 is 10.2 Å². The number of carbonyl (C=O) groups is 4. The molecule has 1 aromatic carbocycles. The molecule has 2 aromatic rings. The minimum Gasteiger partial charge on any atom is -0.369 e. The Morgan fingerprint density at radius 2 is 1.83 bits per heavy atom. The summed E-state index contributed by atoms with van der Waals surface area (Å²) in [5.41, 5.74) is 3.48. The van der Waals surface area contributed by atoms with Crippen LogP contribution in [0.15, 0.2) is 24.4 Å². The average Bonchev–Trinajstić information content (AvgIpc) is 3.29. The molecule has 1 aliphatic carbocycles. The van der Waals surface area contributed by atoms with Crippen LogP contribution in [0.4, 0.5) is 5.69 Å². The first-order chi connectivity index (χ1) is 17.2. The number of fused-ring (bicyclic) bond motifs is 1. The van der Waals surface area contributed by atoms with Gasteiger partial charge >= 0.3 is 0 Å². The van der Waals surface area contributed by atoms with Crippen LogP contribution in [-0.2, 0) is 15.1 Å². The SMILES string of the molecule is Cc1nn(C2(C)CCC2)cc1C#CC1CN(c2ccc3c(c2)C(=O)N(C2CCC(=O)NC2=O)C3=O)C1. The Morgan fingerprint density at radius 3 is 2.53 bits per heavy atom. The number of benzene rings is 1. The van der Waals surface area contributed by atoms with Crippen LogP contribution in [0.2, 0.25) is 0 Å². The van der Waals surface area contributed by atoms with E-state index >= 15 is 0 Å². The molecule has 1 atom stereocenters. The number of rotatable bonds is 3. The van der Waals surface area contributed by atoms with E-state index in [4.69, 9.17) is 0 Å². The molecule has 9 heteroatoms. The number of anilines is 1. The van der Waals surface area contributed by atoms with Gasteiger partial charge in [0.05, 0.1) is 33.8 Å². The molecular weight excluding hydrogens is 458 g/mol. The lowest BCUT2D eigenvalue weighted by Crippen LogP contribution is -2.54. The van der Waals surface area contributed by atoms with E-state index in [2.05, 4.69) is 45.0 Å². The van der Waals surface area contributed by atoms with Crippen molar-refractivity contribution in [3.63, 3.8) is 0 Å². The molecule has 2 saturated heterocycles. The number of imide groups is 2. The lowest BCUT2D eigenvalue weighted by molar-refractivity contribution is -0.136. The molecule has 184 valence electrons. The number of aromatic nitrogens is 2. The fraction of sp³-hybridized carbons (Fsp3) is 0.444. The number of nitrogens with one attached hydrogen (secondary N) is 1. The van der Waals surface area contributed by atoms with Crippen molar-refractivity contribution in [2.45, 2.75) is 57.5 Å². The van der Waals surface area contributed by atoms with E-state index in [1.807, 2.05) is 13.0 Å². The second-order valence-electron chi connectivity index (χ2n) is 10.5. The molecule has 3 fully saturated rings. The molecule has 3 aliphatic heterocycles. The highest BCUT2D eigenvalue weighted by Crippen LogP contribution is 2.38. The Balaban J connectivity index is 1.13. The Labute approximate surface area is 208 Å². The normalized spacial score (nSPS) is 23.0. The van der Waals surface area contributed by atoms with Gasteiger partial charge in [0.1, 0.15) is 6.04 Å². The third-order valence-electron chi connectivity index (χ3n) is 7.96. The summed E-state index contributed by atoms with van der Waals surface area (Å²) in [6, 6.07) is 4.24. The fourth-order valence-corrected chi connectivity index (χ4v) is 5.39. The van der Waals surface area contributed by atoms with Crippen molar-refractivity contribution in [3.05, 3.63) is 46.8 Å². The highest BCUT2D eigenvalue weighted by atomic mass is 16.2. The van der Waals surface area contributed by atoms with Crippen LogP contribution in [0.3, 0.4) is 0 Å². The van der Waals surface area contributed by atoms with Crippen molar-refractivity contribution < 1.29 is 19.2 Å². The molecule has 0 spiro atoms. The highest BCUT2D eigenvalue weighted by Gasteiger charge is 2.45. The summed E-state index contributed by atoms with van der Waals surface area (Å²) in [6.07, 6.45) is 5.86. The standard InChI is InChI=1S/C27H27N5O4/c1-16-18(15-31(29-16)27(2)10-3-11-27)5-4-17-13-30(14-17)19-6-7-20-21(12-19)26(36)32(25(20)35)22-8-9-23(33)28-24(22)34/h6-7,12,15,17,22H,3,8-11,13-14H2,1-2H3,(H,28,33,34). The summed E-state index contributed by atoms with van der Waals surface area (Å²) in [4.78, 5) is 52.8. The largest absolute Gasteiger partial charge is 0.369 e. The fourth-order valence-electron chi connectivity index (χ4n) is 5.39. The molecule has 1 unspecified atom stereocenters. The van der Waals surface area contributed by atoms with Crippen molar-refractivity contribution in [1.29, 1.82) is 0 Å². The Kier molecular flexibility index (Phi) is 5.04. The van der Waals surface area contributed by atoms with Crippen molar-refractivity contribution in [2.75, 3.05) is 18.0 Å². The van der Waals surface area contributed by atoms with Crippen LogP contribution >= 0.6 is 0 Å². The minimum atomic E-state index is -0.957. The smallest absolute Gasteiger partial charge is 0.262 e. The molecule has 9 nitrogen and oxygen atoms in total. The lowest BCUT2D eigenvalue weighted by Gasteiger charge is -2.38. The number of hydrogen-bond acceptors (Lipinski definition) is 6. The molecular formula is C27H27N5O4. The van der Waals surface area contributed by atoms with E-state index in [9.17, 15) is 19.2 Å². The van der Waals surface area contributed by atoms with E-state index in [0.29, 0.717) is 5.56 Å². The summed E-state index contributed by atoms with van der Waals surface area (Å²) >= 11 is 0. The molecule has 1 saturated carbocycles. The molecule has 4 heterocycles. The van der Waals surface area contributed by atoms with Gasteiger partial charge in [-0.2, -0.15) is 5.10 Å². The van der Waals surface area contributed by atoms with E-state index in [0.717, 1.165) is 47.8 Å². The Hall–Kier alpha value is -3.93. The van der Waals surface area contributed by atoms with Gasteiger partial charge < -0.3 is 4.90 Å². The van der Waals surface area contributed by atoms with Gasteiger partial charge in [-0.1, -0.05) is 11.8 Å². The van der Waals surface area contributed by atoms with E-state index in [1.165, 1.54) is 6.42 Å². The number of amides is 4. The summed E-state index contributed by atoms with van der Waals surface area (Å²) < 4.78 is 2.07. The zero-order valence-electron chi connectivity index (χ0n) is 20.3. The maximum Gasteiger partial charge on any atom is 0.262 e. The summed E-state index contributed by atoms with van der Waals surface area (Å²) in [7, 11) is 0. The van der Waals surface area contributed by atoms with Gasteiger partial charge in [-0.05, 0) is 57.7 Å². The second-order valence-corrected chi connectivity index (χ2v) is 10.5. The molecule has 4 aliphatic rings. The van der Waals surface area contributed by atoms with E-state index in [-0.39, 0.29) is 35.8 Å². The molecule has 4 amide bonds. The number of aryl methyl sites for hydroxylation is 1. The topological polar surface area (TPSA) is 105 Å². The van der Waals surface area contributed by atoms with Crippen molar-refractivity contribution in [3.8, 4) is 11.8 Å². The van der Waals surface area contributed by atoms with E-state index < -0.39 is 23.8 Å². The number of hydrogen-bond donors (Lipinski definition) is 1. The van der Waals surface area contributed by atoms with Crippen LogP contribution in [0.1, 0.15) is 71.0 Å². The second kappa shape index (κ2) is 8.05. The average molecular weight is 486 g/mol. The summed E-state index contributed by atoms with van der Waals surface area (Å²) in [6.45, 7) is 5.70. The molecule has 1 aromatic heterocycles. The third kappa shape index (κ3) is 3.51. The third-order valence-corrected chi connectivity index (χ3v) is 7.96. The summed E-state index contributed by atoms with van der Waals surface area (Å²) in [5.74, 6) is 4.90. The van der Waals surface area contributed by atoms with Gasteiger partial charge in [0.2, 0.25) is 11.8 Å².